The van der Waals surface area contributed by atoms with Crippen LogP contribution in [0.3, 0.4) is 0 Å². The summed E-state index contributed by atoms with van der Waals surface area (Å²) >= 11 is 0. The molecule has 0 aromatic heterocycles. The van der Waals surface area contributed by atoms with Gasteiger partial charge < -0.3 is 34.8 Å². The summed E-state index contributed by atoms with van der Waals surface area (Å²) in [4.78, 5) is 0. The van der Waals surface area contributed by atoms with Crippen LogP contribution in [0.5, 0.6) is 28.7 Å². The van der Waals surface area contributed by atoms with Crippen molar-refractivity contribution in [2.24, 2.45) is 0 Å². The summed E-state index contributed by atoms with van der Waals surface area (Å²) in [5.41, 5.74) is 2.81. The zero-order valence-corrected chi connectivity index (χ0v) is 17.6. The predicted molar refractivity (Wildman–Crippen MR) is 114 cm³/mol. The summed E-state index contributed by atoms with van der Waals surface area (Å²) in [6.07, 6.45) is 3.63. The number of aliphatic hydroxyl groups is 1. The number of hydrogen-bond acceptors (Lipinski definition) is 7. The topological polar surface area (TPSA) is 100 Å². The van der Waals surface area contributed by atoms with Crippen molar-refractivity contribution in [2.75, 3.05) is 33.9 Å². The van der Waals surface area contributed by atoms with Crippen LogP contribution in [-0.2, 0) is 19.3 Å². The van der Waals surface area contributed by atoms with Gasteiger partial charge in [0.15, 0.2) is 23.0 Å². The molecule has 0 heterocycles. The third-order valence-electron chi connectivity index (χ3n) is 5.41. The SMILES string of the molecule is COc1ccc(CCNCC(O)COc2cc(O)c(O)c3c2CCCC3)cc1OC. The minimum absolute atomic E-state index is 0.0468. The van der Waals surface area contributed by atoms with Crippen molar-refractivity contribution in [1.29, 1.82) is 0 Å². The van der Waals surface area contributed by atoms with Gasteiger partial charge in [0, 0.05) is 23.7 Å². The van der Waals surface area contributed by atoms with Crippen LogP contribution in [-0.4, -0.2) is 55.3 Å². The molecule has 0 spiro atoms. The molecule has 0 saturated carbocycles. The summed E-state index contributed by atoms with van der Waals surface area (Å²) in [5.74, 6) is 1.72. The Labute approximate surface area is 177 Å². The molecule has 164 valence electrons. The summed E-state index contributed by atoms with van der Waals surface area (Å²) < 4.78 is 16.3. The Morgan fingerprint density at radius 1 is 0.967 bits per heavy atom. The second-order valence-electron chi connectivity index (χ2n) is 7.51. The maximum atomic E-state index is 10.3. The fourth-order valence-electron chi connectivity index (χ4n) is 3.78. The van der Waals surface area contributed by atoms with E-state index in [2.05, 4.69) is 5.32 Å². The molecule has 7 nitrogen and oxygen atoms in total. The first-order valence-electron chi connectivity index (χ1n) is 10.3. The number of phenols is 2. The van der Waals surface area contributed by atoms with E-state index in [9.17, 15) is 15.3 Å². The lowest BCUT2D eigenvalue weighted by molar-refractivity contribution is 0.106. The van der Waals surface area contributed by atoms with Gasteiger partial charge in [-0.3, -0.25) is 0 Å². The second-order valence-corrected chi connectivity index (χ2v) is 7.51. The van der Waals surface area contributed by atoms with Crippen LogP contribution in [0.15, 0.2) is 24.3 Å². The fraction of sp³-hybridized carbons (Fsp3) is 0.478. The molecule has 1 atom stereocenters. The van der Waals surface area contributed by atoms with E-state index in [0.717, 1.165) is 48.8 Å². The van der Waals surface area contributed by atoms with Gasteiger partial charge in [-0.2, -0.15) is 0 Å². The maximum Gasteiger partial charge on any atom is 0.161 e. The molecule has 2 aromatic carbocycles. The third-order valence-corrected chi connectivity index (χ3v) is 5.41. The molecule has 0 bridgehead atoms. The van der Waals surface area contributed by atoms with Crippen molar-refractivity contribution in [2.45, 2.75) is 38.2 Å². The van der Waals surface area contributed by atoms with E-state index >= 15 is 0 Å². The van der Waals surface area contributed by atoms with Gasteiger partial charge in [-0.1, -0.05) is 6.07 Å². The van der Waals surface area contributed by atoms with Crippen LogP contribution < -0.4 is 19.5 Å². The number of aliphatic hydroxyl groups excluding tert-OH is 1. The van der Waals surface area contributed by atoms with Crippen molar-refractivity contribution in [3.05, 3.63) is 41.0 Å². The molecule has 1 aliphatic carbocycles. The Morgan fingerprint density at radius 2 is 1.70 bits per heavy atom. The number of benzene rings is 2. The Kier molecular flexibility index (Phi) is 7.65. The number of fused-ring (bicyclic) bond motifs is 1. The molecular formula is C23H31NO6. The highest BCUT2D eigenvalue weighted by Crippen LogP contribution is 2.41. The standard InChI is InChI=1S/C23H31NO6/c1-28-20-8-7-15(11-22(20)29-2)9-10-24-13-16(25)14-30-21-12-19(26)23(27)18-6-4-3-5-17(18)21/h7-8,11-12,16,24-27H,3-6,9-10,13-14H2,1-2H3. The van der Waals surface area contributed by atoms with Gasteiger partial charge in [0.25, 0.3) is 0 Å². The van der Waals surface area contributed by atoms with Gasteiger partial charge in [0.05, 0.1) is 14.2 Å². The molecule has 7 heteroatoms. The molecule has 0 radical (unpaired) electrons. The number of aromatic hydroxyl groups is 2. The van der Waals surface area contributed by atoms with Crippen molar-refractivity contribution in [3.63, 3.8) is 0 Å². The number of phenolic OH excluding ortho intramolecular Hbond substituents is 2. The van der Waals surface area contributed by atoms with Crippen molar-refractivity contribution in [1.82, 2.24) is 5.32 Å². The van der Waals surface area contributed by atoms with E-state index in [1.165, 1.54) is 6.07 Å². The molecule has 1 unspecified atom stereocenters. The molecule has 0 fully saturated rings. The zero-order chi connectivity index (χ0) is 21.5. The van der Waals surface area contributed by atoms with Gasteiger partial charge in [0.1, 0.15) is 18.5 Å². The normalized spacial score (nSPS) is 14.1. The zero-order valence-electron chi connectivity index (χ0n) is 17.6. The summed E-state index contributed by atoms with van der Waals surface area (Å²) in [7, 11) is 3.22. The van der Waals surface area contributed by atoms with Crippen molar-refractivity contribution in [3.8, 4) is 28.7 Å². The number of ether oxygens (including phenoxy) is 3. The lowest BCUT2D eigenvalue weighted by Gasteiger charge is -2.22. The van der Waals surface area contributed by atoms with Gasteiger partial charge >= 0.3 is 0 Å². The van der Waals surface area contributed by atoms with Crippen molar-refractivity contribution < 1.29 is 29.5 Å². The van der Waals surface area contributed by atoms with E-state index in [1.54, 1.807) is 14.2 Å². The molecule has 1 aliphatic rings. The van der Waals surface area contributed by atoms with Gasteiger partial charge in [-0.25, -0.2) is 0 Å². The highest BCUT2D eigenvalue weighted by molar-refractivity contribution is 5.56. The van der Waals surface area contributed by atoms with E-state index < -0.39 is 6.10 Å². The smallest absolute Gasteiger partial charge is 0.161 e. The van der Waals surface area contributed by atoms with Crippen LogP contribution in [0.1, 0.15) is 29.5 Å². The number of nitrogens with one attached hydrogen (secondary N) is 1. The highest BCUT2D eigenvalue weighted by Gasteiger charge is 2.21. The quantitative estimate of drug-likeness (QED) is 0.348. The van der Waals surface area contributed by atoms with E-state index in [0.29, 0.717) is 30.3 Å². The van der Waals surface area contributed by atoms with Crippen LogP contribution in [0, 0.1) is 0 Å². The molecule has 0 amide bonds. The first kappa shape index (κ1) is 22.1. The molecule has 0 aliphatic heterocycles. The molecular weight excluding hydrogens is 386 g/mol. The van der Waals surface area contributed by atoms with Crippen LogP contribution in [0.25, 0.3) is 0 Å². The highest BCUT2D eigenvalue weighted by atomic mass is 16.5. The Hall–Kier alpha value is -2.64. The molecule has 0 saturated heterocycles. The summed E-state index contributed by atoms with van der Waals surface area (Å²) in [6, 6.07) is 7.25. The summed E-state index contributed by atoms with van der Waals surface area (Å²) in [6.45, 7) is 1.20. The average molecular weight is 418 g/mol. The minimum atomic E-state index is -0.689. The molecule has 30 heavy (non-hydrogen) atoms. The molecule has 3 rings (SSSR count). The van der Waals surface area contributed by atoms with Gasteiger partial charge in [0.2, 0.25) is 0 Å². The number of hydrogen-bond donors (Lipinski definition) is 4. The number of rotatable bonds is 10. The van der Waals surface area contributed by atoms with Crippen LogP contribution in [0.2, 0.25) is 0 Å². The van der Waals surface area contributed by atoms with Gasteiger partial charge in [-0.15, -0.1) is 0 Å². The molecule has 2 aromatic rings. The number of methoxy groups -OCH3 is 2. The first-order valence-corrected chi connectivity index (χ1v) is 10.3. The fourth-order valence-corrected chi connectivity index (χ4v) is 3.78. The van der Waals surface area contributed by atoms with E-state index in [1.807, 2.05) is 18.2 Å². The third kappa shape index (κ3) is 5.29. The Bertz CT molecular complexity index is 854. The maximum absolute atomic E-state index is 10.3. The first-order chi connectivity index (χ1) is 14.5. The summed E-state index contributed by atoms with van der Waals surface area (Å²) in [5, 5.41) is 33.5. The molecule has 4 N–H and O–H groups in total. The van der Waals surface area contributed by atoms with Crippen LogP contribution in [0.4, 0.5) is 0 Å². The van der Waals surface area contributed by atoms with E-state index in [4.69, 9.17) is 14.2 Å². The van der Waals surface area contributed by atoms with Crippen LogP contribution >= 0.6 is 0 Å². The van der Waals surface area contributed by atoms with Gasteiger partial charge in [-0.05, 0) is 56.3 Å². The largest absolute Gasteiger partial charge is 0.504 e. The second kappa shape index (κ2) is 10.4. The predicted octanol–water partition coefficient (Wildman–Crippen LogP) is 2.57. The monoisotopic (exact) mass is 417 g/mol. The minimum Gasteiger partial charge on any atom is -0.504 e. The van der Waals surface area contributed by atoms with Crippen molar-refractivity contribution >= 4 is 0 Å². The Morgan fingerprint density at radius 3 is 2.43 bits per heavy atom. The Balaban J connectivity index is 1.46. The average Bonchev–Trinajstić information content (AvgIpc) is 2.78. The lowest BCUT2D eigenvalue weighted by Crippen LogP contribution is -2.32. The lowest BCUT2D eigenvalue weighted by atomic mass is 9.90. The van der Waals surface area contributed by atoms with E-state index in [-0.39, 0.29) is 18.1 Å².